The molecule has 0 atom stereocenters. The van der Waals surface area contributed by atoms with Gasteiger partial charge in [-0.05, 0) is 24.5 Å². The van der Waals surface area contributed by atoms with Crippen LogP contribution >= 0.6 is 11.6 Å². The van der Waals surface area contributed by atoms with Gasteiger partial charge in [0.1, 0.15) is 0 Å². The molecule has 0 aliphatic heterocycles. The summed E-state index contributed by atoms with van der Waals surface area (Å²) >= 11 is 5.97. The summed E-state index contributed by atoms with van der Waals surface area (Å²) in [5.41, 5.74) is 0.752. The molecule has 20 heavy (non-hydrogen) atoms. The minimum absolute atomic E-state index is 0.0254. The molecule has 0 radical (unpaired) electrons. The van der Waals surface area contributed by atoms with Crippen LogP contribution in [0.5, 0.6) is 0 Å². The lowest BCUT2D eigenvalue weighted by atomic mass is 10.2. The first kappa shape index (κ1) is 14.7. The number of rotatable bonds is 7. The molecular weight excluding hydrogens is 282 g/mol. The molecule has 1 aromatic carbocycles. The highest BCUT2D eigenvalue weighted by Gasteiger charge is 2.22. The summed E-state index contributed by atoms with van der Waals surface area (Å²) in [5, 5.41) is 16.9. The molecule has 1 aliphatic carbocycles. The second-order valence-corrected chi connectivity index (χ2v) is 5.21. The molecule has 1 fully saturated rings. The Morgan fingerprint density at radius 1 is 1.45 bits per heavy atom. The van der Waals surface area contributed by atoms with Gasteiger partial charge in [0.2, 0.25) is 5.91 Å². The smallest absolute Gasteiger partial charge is 0.270 e. The molecule has 1 saturated carbocycles. The third-order valence-corrected chi connectivity index (χ3v) is 3.39. The summed E-state index contributed by atoms with van der Waals surface area (Å²) in [6.45, 7) is 1.03. The van der Waals surface area contributed by atoms with Gasteiger partial charge in [-0.2, -0.15) is 0 Å². The molecule has 0 unspecified atom stereocenters. The Hall–Kier alpha value is -1.66. The van der Waals surface area contributed by atoms with Gasteiger partial charge in [-0.25, -0.2) is 0 Å². The van der Waals surface area contributed by atoms with E-state index in [4.69, 9.17) is 11.6 Å². The number of benzene rings is 1. The Kier molecular flexibility index (Phi) is 4.92. The lowest BCUT2D eigenvalue weighted by Crippen LogP contribution is -2.29. The van der Waals surface area contributed by atoms with E-state index in [1.807, 2.05) is 0 Å². The molecule has 0 bridgehead atoms. The lowest BCUT2D eigenvalue weighted by Gasteiger charge is -2.07. The molecule has 2 rings (SSSR count). The first-order chi connectivity index (χ1) is 9.56. The number of nitrogens with zero attached hydrogens (tertiary/aromatic N) is 1. The fourth-order valence-corrected chi connectivity index (χ4v) is 1.99. The zero-order valence-corrected chi connectivity index (χ0v) is 11.7. The summed E-state index contributed by atoms with van der Waals surface area (Å²) in [6.07, 6.45) is 2.58. The van der Waals surface area contributed by atoms with E-state index >= 15 is 0 Å². The van der Waals surface area contributed by atoms with Crippen molar-refractivity contribution in [2.45, 2.75) is 31.8 Å². The van der Waals surface area contributed by atoms with Crippen molar-refractivity contribution in [1.29, 1.82) is 0 Å². The predicted molar refractivity (Wildman–Crippen MR) is 75.6 cm³/mol. The predicted octanol–water partition coefficient (Wildman–Crippen LogP) is 2.01. The van der Waals surface area contributed by atoms with Gasteiger partial charge in [-0.1, -0.05) is 11.6 Å². The van der Waals surface area contributed by atoms with E-state index in [0.29, 0.717) is 30.6 Å². The number of carbonyl (C=O) groups excluding carboxylic acids is 1. The highest BCUT2D eigenvalue weighted by Crippen LogP contribution is 2.22. The summed E-state index contributed by atoms with van der Waals surface area (Å²) < 4.78 is 0. The van der Waals surface area contributed by atoms with Crippen LogP contribution in [-0.4, -0.2) is 23.4 Å². The number of hydrogen-bond donors (Lipinski definition) is 2. The van der Waals surface area contributed by atoms with Gasteiger partial charge < -0.3 is 10.6 Å². The van der Waals surface area contributed by atoms with E-state index in [2.05, 4.69) is 10.6 Å². The second-order valence-electron chi connectivity index (χ2n) is 4.80. The fraction of sp³-hybridized carbons (Fsp3) is 0.462. The summed E-state index contributed by atoms with van der Waals surface area (Å²) in [7, 11) is 0. The normalized spacial score (nSPS) is 14.1. The van der Waals surface area contributed by atoms with Crippen molar-refractivity contribution >= 4 is 23.2 Å². The van der Waals surface area contributed by atoms with Gasteiger partial charge in [0, 0.05) is 37.7 Å². The monoisotopic (exact) mass is 297 g/mol. The van der Waals surface area contributed by atoms with Crippen molar-refractivity contribution in [3.8, 4) is 0 Å². The molecule has 1 amide bonds. The standard InChI is InChI=1S/C13H16ClN3O3/c14-12-7-11(17(19)20)4-1-9(12)8-15-6-5-13(18)16-10-2-3-10/h1,4,7,10,15H,2-3,5-6,8H2,(H,16,18). The molecule has 1 aromatic rings. The lowest BCUT2D eigenvalue weighted by molar-refractivity contribution is -0.384. The zero-order valence-electron chi connectivity index (χ0n) is 10.9. The highest BCUT2D eigenvalue weighted by molar-refractivity contribution is 6.31. The number of nitro benzene ring substituents is 1. The first-order valence-corrected chi connectivity index (χ1v) is 6.87. The molecule has 7 heteroatoms. The van der Waals surface area contributed by atoms with E-state index < -0.39 is 4.92 Å². The molecule has 6 nitrogen and oxygen atoms in total. The van der Waals surface area contributed by atoms with Crippen molar-refractivity contribution in [3.05, 3.63) is 38.9 Å². The van der Waals surface area contributed by atoms with Gasteiger partial charge in [0.05, 0.1) is 9.95 Å². The molecule has 0 heterocycles. The molecule has 0 aromatic heterocycles. The molecule has 2 N–H and O–H groups in total. The SMILES string of the molecule is O=C(CCNCc1ccc([N+](=O)[O-])cc1Cl)NC1CC1. The summed E-state index contributed by atoms with van der Waals surface area (Å²) in [5.74, 6) is 0.0507. The van der Waals surface area contributed by atoms with Crippen molar-refractivity contribution in [2.75, 3.05) is 6.54 Å². The van der Waals surface area contributed by atoms with E-state index in [1.165, 1.54) is 12.1 Å². The van der Waals surface area contributed by atoms with Gasteiger partial charge in [0.25, 0.3) is 5.69 Å². The van der Waals surface area contributed by atoms with Crippen molar-refractivity contribution in [3.63, 3.8) is 0 Å². The number of nitro groups is 1. The maximum atomic E-state index is 11.4. The zero-order chi connectivity index (χ0) is 14.5. The third kappa shape index (κ3) is 4.47. The van der Waals surface area contributed by atoms with Crippen LogP contribution < -0.4 is 10.6 Å². The number of carbonyl (C=O) groups is 1. The molecule has 1 aliphatic rings. The Morgan fingerprint density at radius 3 is 2.80 bits per heavy atom. The van der Waals surface area contributed by atoms with Crippen LogP contribution in [-0.2, 0) is 11.3 Å². The van der Waals surface area contributed by atoms with Crippen LogP contribution in [0, 0.1) is 10.1 Å². The molecule has 0 spiro atoms. The largest absolute Gasteiger partial charge is 0.353 e. The number of amides is 1. The number of hydrogen-bond acceptors (Lipinski definition) is 4. The number of nitrogens with one attached hydrogen (secondary N) is 2. The van der Waals surface area contributed by atoms with Crippen molar-refractivity contribution < 1.29 is 9.72 Å². The van der Waals surface area contributed by atoms with E-state index in [1.54, 1.807) is 6.07 Å². The Morgan fingerprint density at radius 2 is 2.20 bits per heavy atom. The first-order valence-electron chi connectivity index (χ1n) is 6.49. The minimum atomic E-state index is -0.481. The highest BCUT2D eigenvalue weighted by atomic mass is 35.5. The van der Waals surface area contributed by atoms with Crippen molar-refractivity contribution in [1.82, 2.24) is 10.6 Å². The third-order valence-electron chi connectivity index (χ3n) is 3.03. The maximum absolute atomic E-state index is 11.4. The van der Waals surface area contributed by atoms with Crippen LogP contribution in [0.15, 0.2) is 18.2 Å². The molecular formula is C13H16ClN3O3. The average Bonchev–Trinajstić information content (AvgIpc) is 3.19. The van der Waals surface area contributed by atoms with Gasteiger partial charge >= 0.3 is 0 Å². The molecule has 0 saturated heterocycles. The van der Waals surface area contributed by atoms with E-state index in [-0.39, 0.29) is 11.6 Å². The Labute approximate surface area is 121 Å². The average molecular weight is 298 g/mol. The topological polar surface area (TPSA) is 84.3 Å². The Balaban J connectivity index is 1.73. The van der Waals surface area contributed by atoms with Gasteiger partial charge in [0.15, 0.2) is 0 Å². The van der Waals surface area contributed by atoms with Crippen molar-refractivity contribution in [2.24, 2.45) is 0 Å². The van der Waals surface area contributed by atoms with Crippen LogP contribution in [0.2, 0.25) is 5.02 Å². The minimum Gasteiger partial charge on any atom is -0.353 e. The van der Waals surface area contributed by atoms with Gasteiger partial charge in [-0.15, -0.1) is 0 Å². The fourth-order valence-electron chi connectivity index (χ4n) is 1.75. The quantitative estimate of drug-likeness (QED) is 0.458. The van der Waals surface area contributed by atoms with Gasteiger partial charge in [-0.3, -0.25) is 14.9 Å². The summed E-state index contributed by atoms with van der Waals surface area (Å²) in [6, 6.07) is 4.75. The Bertz CT molecular complexity index is 518. The van der Waals surface area contributed by atoms with Crippen LogP contribution in [0.1, 0.15) is 24.8 Å². The number of non-ortho nitro benzene ring substituents is 1. The van der Waals surface area contributed by atoms with Crippen LogP contribution in [0.25, 0.3) is 0 Å². The second kappa shape index (κ2) is 6.67. The summed E-state index contributed by atoms with van der Waals surface area (Å²) in [4.78, 5) is 21.5. The number of halogens is 1. The molecule has 108 valence electrons. The van der Waals surface area contributed by atoms with E-state index in [0.717, 1.165) is 18.4 Å². The van der Waals surface area contributed by atoms with Crippen LogP contribution in [0.4, 0.5) is 5.69 Å². The van der Waals surface area contributed by atoms with E-state index in [9.17, 15) is 14.9 Å². The maximum Gasteiger partial charge on any atom is 0.270 e. The van der Waals surface area contributed by atoms with Crippen LogP contribution in [0.3, 0.4) is 0 Å².